The molecule has 150 valence electrons. The van der Waals surface area contributed by atoms with Crippen molar-refractivity contribution in [3.05, 3.63) is 53.7 Å². The van der Waals surface area contributed by atoms with Crippen molar-refractivity contribution in [2.75, 3.05) is 18.0 Å². The van der Waals surface area contributed by atoms with Gasteiger partial charge in [-0.15, -0.1) is 0 Å². The van der Waals surface area contributed by atoms with Crippen LogP contribution in [0.5, 0.6) is 0 Å². The minimum absolute atomic E-state index is 0.0475. The molecule has 0 unspecified atom stereocenters. The number of nitrogens with one attached hydrogen (secondary N) is 1. The molecule has 0 bridgehead atoms. The van der Waals surface area contributed by atoms with Crippen LogP contribution in [0.4, 0.5) is 18.9 Å². The molecule has 1 aromatic heterocycles. The molecule has 3 rings (SSSR count). The topological polar surface area (TPSA) is 79.4 Å². The number of nitrogens with zero attached hydrogens (tertiary/aromatic N) is 2. The Morgan fingerprint density at radius 1 is 1.11 bits per heavy atom. The second kappa shape index (κ2) is 7.78. The minimum Gasteiger partial charge on any atom is -0.371 e. The number of amides is 1. The number of anilines is 1. The van der Waals surface area contributed by atoms with E-state index in [9.17, 15) is 26.4 Å². The lowest BCUT2D eigenvalue weighted by atomic mass is 10.1. The summed E-state index contributed by atoms with van der Waals surface area (Å²) in [4.78, 5) is 17.9. The van der Waals surface area contributed by atoms with Crippen molar-refractivity contribution >= 4 is 21.4 Å². The summed E-state index contributed by atoms with van der Waals surface area (Å²) in [5.41, 5.74) is -4.45. The zero-order valence-corrected chi connectivity index (χ0v) is 15.6. The van der Waals surface area contributed by atoms with Crippen molar-refractivity contribution in [1.82, 2.24) is 10.3 Å². The van der Waals surface area contributed by atoms with E-state index in [1.54, 1.807) is 6.07 Å². The Morgan fingerprint density at radius 2 is 1.79 bits per heavy atom. The number of sulfone groups is 1. The van der Waals surface area contributed by atoms with Crippen molar-refractivity contribution < 1.29 is 26.4 Å². The van der Waals surface area contributed by atoms with Crippen molar-refractivity contribution in [3.63, 3.8) is 0 Å². The molecular formula is C18H18F3N3O3S. The van der Waals surface area contributed by atoms with Crippen molar-refractivity contribution in [2.45, 2.75) is 29.9 Å². The fraction of sp³-hybridized carbons (Fsp3) is 0.333. The first kappa shape index (κ1) is 20.1. The molecular weight excluding hydrogens is 395 g/mol. The first-order valence-corrected chi connectivity index (χ1v) is 10.1. The number of benzene rings is 1. The monoisotopic (exact) mass is 413 g/mol. The Hall–Kier alpha value is -2.62. The number of pyridine rings is 1. The normalized spacial score (nSPS) is 14.9. The summed E-state index contributed by atoms with van der Waals surface area (Å²) in [6, 6.07) is 9.61. The largest absolute Gasteiger partial charge is 0.503 e. The highest BCUT2D eigenvalue weighted by Gasteiger charge is 2.49. The highest BCUT2D eigenvalue weighted by atomic mass is 32.2. The Morgan fingerprint density at radius 3 is 2.46 bits per heavy atom. The summed E-state index contributed by atoms with van der Waals surface area (Å²) in [5.74, 6) is -0.938. The molecule has 1 aliphatic rings. The maximum absolute atomic E-state index is 12.9. The molecule has 1 aliphatic heterocycles. The summed E-state index contributed by atoms with van der Waals surface area (Å²) >= 11 is 0. The van der Waals surface area contributed by atoms with E-state index in [2.05, 4.69) is 15.2 Å². The zero-order valence-electron chi connectivity index (χ0n) is 14.7. The van der Waals surface area contributed by atoms with E-state index in [1.165, 1.54) is 6.07 Å². The molecule has 2 heterocycles. The van der Waals surface area contributed by atoms with Crippen LogP contribution in [-0.2, 0) is 16.4 Å². The smallest absolute Gasteiger partial charge is 0.371 e. The maximum Gasteiger partial charge on any atom is 0.503 e. The number of carbonyl (C=O) groups is 1. The lowest BCUT2D eigenvalue weighted by molar-refractivity contribution is -0.0438. The maximum atomic E-state index is 12.9. The van der Waals surface area contributed by atoms with E-state index in [4.69, 9.17) is 0 Å². The van der Waals surface area contributed by atoms with Gasteiger partial charge in [-0.2, -0.15) is 13.2 Å². The number of halogens is 3. The molecule has 2 aromatic rings. The molecule has 1 N–H and O–H groups in total. The summed E-state index contributed by atoms with van der Waals surface area (Å²) in [6.45, 7) is 1.83. The number of rotatable bonds is 5. The van der Waals surface area contributed by atoms with Crippen LogP contribution in [0.3, 0.4) is 0 Å². The lowest BCUT2D eigenvalue weighted by Crippen LogP contribution is -2.30. The van der Waals surface area contributed by atoms with E-state index >= 15 is 0 Å². The molecule has 0 spiro atoms. The van der Waals surface area contributed by atoms with Gasteiger partial charge in [-0.25, -0.2) is 13.4 Å². The molecule has 1 amide bonds. The molecule has 0 saturated carbocycles. The van der Waals surface area contributed by atoms with E-state index in [1.807, 2.05) is 18.2 Å². The van der Waals surface area contributed by atoms with Gasteiger partial charge in [0.2, 0.25) is 0 Å². The Labute approximate surface area is 160 Å². The Kier molecular flexibility index (Phi) is 5.59. The van der Waals surface area contributed by atoms with Crippen LogP contribution in [0.2, 0.25) is 0 Å². The van der Waals surface area contributed by atoms with Crippen LogP contribution < -0.4 is 10.2 Å². The predicted octanol–water partition coefficient (Wildman–Crippen LogP) is 2.91. The molecule has 6 nitrogen and oxygen atoms in total. The summed E-state index contributed by atoms with van der Waals surface area (Å²) in [7, 11) is -5.74. The first-order chi connectivity index (χ1) is 13.2. The standard InChI is InChI=1S/C18H18F3N3O3S/c19-18(20,21)28(26,27)17-14(7-5-9-22-17)16(25)23-12-13-6-1-2-8-15(13)24-10-3-4-11-24/h1-2,5-9H,3-4,10-12H2,(H,23,25). The van der Waals surface area contributed by atoms with Gasteiger partial charge in [-0.3, -0.25) is 4.79 Å². The number of hydrogen-bond donors (Lipinski definition) is 1. The van der Waals surface area contributed by atoms with Gasteiger partial charge < -0.3 is 10.2 Å². The third kappa shape index (κ3) is 3.96. The van der Waals surface area contributed by atoms with Gasteiger partial charge in [0.25, 0.3) is 15.7 Å². The first-order valence-electron chi connectivity index (χ1n) is 8.59. The molecule has 0 atom stereocenters. The van der Waals surface area contributed by atoms with Gasteiger partial charge in [-0.1, -0.05) is 18.2 Å². The fourth-order valence-electron chi connectivity index (χ4n) is 3.08. The second-order valence-corrected chi connectivity index (χ2v) is 8.17. The van der Waals surface area contributed by atoms with Crippen molar-refractivity contribution in [2.24, 2.45) is 0 Å². The SMILES string of the molecule is O=C(NCc1ccccc1N1CCCC1)c1cccnc1S(=O)(=O)C(F)(F)F. The van der Waals surface area contributed by atoms with Gasteiger partial charge in [0, 0.05) is 31.5 Å². The van der Waals surface area contributed by atoms with Gasteiger partial charge in [0.05, 0.1) is 5.56 Å². The molecule has 28 heavy (non-hydrogen) atoms. The van der Waals surface area contributed by atoms with Crippen LogP contribution in [0.25, 0.3) is 0 Å². The van der Waals surface area contributed by atoms with Gasteiger partial charge in [0.1, 0.15) is 0 Å². The quantitative estimate of drug-likeness (QED) is 0.816. The van der Waals surface area contributed by atoms with Gasteiger partial charge >= 0.3 is 5.51 Å². The zero-order chi connectivity index (χ0) is 20.4. The van der Waals surface area contributed by atoms with Crippen LogP contribution in [0.1, 0.15) is 28.8 Å². The highest BCUT2D eigenvalue weighted by Crippen LogP contribution is 2.31. The summed E-state index contributed by atoms with van der Waals surface area (Å²) in [6.07, 6.45) is 3.03. The third-order valence-corrected chi connectivity index (χ3v) is 5.90. The minimum atomic E-state index is -5.74. The van der Waals surface area contributed by atoms with Crippen LogP contribution in [0.15, 0.2) is 47.6 Å². The molecule has 1 fully saturated rings. The Bertz CT molecular complexity index is 971. The molecule has 1 aromatic carbocycles. The van der Waals surface area contributed by atoms with E-state index in [0.29, 0.717) is 0 Å². The van der Waals surface area contributed by atoms with Crippen LogP contribution in [-0.4, -0.2) is 37.9 Å². The molecule has 1 saturated heterocycles. The molecule has 10 heteroatoms. The van der Waals surface area contributed by atoms with E-state index in [-0.39, 0.29) is 6.54 Å². The third-order valence-electron chi connectivity index (χ3n) is 4.45. The summed E-state index contributed by atoms with van der Waals surface area (Å²) in [5, 5.41) is 1.21. The van der Waals surface area contributed by atoms with Crippen molar-refractivity contribution in [1.29, 1.82) is 0 Å². The molecule has 0 aliphatic carbocycles. The second-order valence-electron chi connectivity index (χ2n) is 6.31. The van der Waals surface area contributed by atoms with Gasteiger partial charge in [-0.05, 0) is 36.6 Å². The van der Waals surface area contributed by atoms with Crippen molar-refractivity contribution in [3.8, 4) is 0 Å². The highest BCUT2D eigenvalue weighted by molar-refractivity contribution is 7.92. The number of para-hydroxylation sites is 1. The van der Waals surface area contributed by atoms with Gasteiger partial charge in [0.15, 0.2) is 5.03 Å². The number of hydrogen-bond acceptors (Lipinski definition) is 5. The summed E-state index contributed by atoms with van der Waals surface area (Å²) < 4.78 is 62.0. The number of alkyl halides is 3. The number of aromatic nitrogens is 1. The Balaban J connectivity index is 1.83. The molecule has 0 radical (unpaired) electrons. The predicted molar refractivity (Wildman–Crippen MR) is 96.5 cm³/mol. The number of carbonyl (C=O) groups excluding carboxylic acids is 1. The fourth-order valence-corrected chi connectivity index (χ4v) is 3.95. The van der Waals surface area contributed by atoms with E-state index < -0.39 is 31.8 Å². The average Bonchev–Trinajstić information content (AvgIpc) is 3.20. The lowest BCUT2D eigenvalue weighted by Gasteiger charge is -2.21. The average molecular weight is 413 g/mol. The van der Waals surface area contributed by atoms with Crippen LogP contribution in [0, 0.1) is 0 Å². The van der Waals surface area contributed by atoms with Crippen LogP contribution >= 0.6 is 0 Å². The van der Waals surface area contributed by atoms with E-state index in [0.717, 1.165) is 49.4 Å².